The Morgan fingerprint density at radius 3 is 2.79 bits per heavy atom. The van der Waals surface area contributed by atoms with Gasteiger partial charge in [-0.05, 0) is 86.7 Å². The third-order valence-corrected chi connectivity index (χ3v) is 7.76. The van der Waals surface area contributed by atoms with E-state index in [0.717, 1.165) is 35.5 Å². The standard InChI is InChI=1S/C23H28N2O2S/c1-25-19-6-7-20(25)12-18(11-19)24-23(26)22-9-15(14-28-22)13-27-21-8-5-16-3-2-4-17(16)10-21/h5,8-10,14,18-20H,2-4,6-7,11-13H2,1H3,(H,24,26). The molecule has 1 aromatic heterocycles. The van der Waals surface area contributed by atoms with Crippen LogP contribution >= 0.6 is 11.3 Å². The van der Waals surface area contributed by atoms with Gasteiger partial charge in [0.1, 0.15) is 12.4 Å². The molecule has 5 heteroatoms. The summed E-state index contributed by atoms with van der Waals surface area (Å²) in [5, 5.41) is 5.32. The number of hydrogen-bond acceptors (Lipinski definition) is 4. The van der Waals surface area contributed by atoms with Crippen molar-refractivity contribution in [1.82, 2.24) is 10.2 Å². The molecule has 3 aliphatic rings. The van der Waals surface area contributed by atoms with E-state index in [1.165, 1.54) is 48.1 Å². The molecule has 0 saturated carbocycles. The van der Waals surface area contributed by atoms with Crippen LogP contribution in [0.15, 0.2) is 29.6 Å². The summed E-state index contributed by atoms with van der Waals surface area (Å²) in [5.41, 5.74) is 3.96. The zero-order chi connectivity index (χ0) is 19.1. The first kappa shape index (κ1) is 18.2. The molecule has 148 valence electrons. The summed E-state index contributed by atoms with van der Waals surface area (Å²) >= 11 is 1.52. The van der Waals surface area contributed by atoms with Gasteiger partial charge in [-0.2, -0.15) is 0 Å². The van der Waals surface area contributed by atoms with Crippen LogP contribution < -0.4 is 10.1 Å². The van der Waals surface area contributed by atoms with Gasteiger partial charge in [0.05, 0.1) is 4.88 Å². The average molecular weight is 397 g/mol. The molecule has 3 heterocycles. The maximum Gasteiger partial charge on any atom is 0.261 e. The van der Waals surface area contributed by atoms with Gasteiger partial charge >= 0.3 is 0 Å². The Labute approximate surface area is 170 Å². The van der Waals surface area contributed by atoms with Crippen LogP contribution in [-0.4, -0.2) is 36.0 Å². The van der Waals surface area contributed by atoms with Crippen LogP contribution in [0.1, 0.15) is 58.5 Å². The maximum absolute atomic E-state index is 12.7. The van der Waals surface area contributed by atoms with Gasteiger partial charge in [0.2, 0.25) is 0 Å². The lowest BCUT2D eigenvalue weighted by molar-refractivity contribution is 0.0886. The van der Waals surface area contributed by atoms with Gasteiger partial charge in [-0.1, -0.05) is 6.07 Å². The van der Waals surface area contributed by atoms with Crippen LogP contribution in [0.4, 0.5) is 0 Å². The number of nitrogens with one attached hydrogen (secondary N) is 1. The number of piperidine rings is 1. The molecule has 4 nitrogen and oxygen atoms in total. The first-order valence-electron chi connectivity index (χ1n) is 10.5. The number of amides is 1. The number of rotatable bonds is 5. The predicted molar refractivity (Wildman–Crippen MR) is 112 cm³/mol. The van der Waals surface area contributed by atoms with Crippen LogP contribution in [-0.2, 0) is 19.4 Å². The number of fused-ring (bicyclic) bond motifs is 3. The van der Waals surface area contributed by atoms with E-state index in [1.54, 1.807) is 0 Å². The van der Waals surface area contributed by atoms with E-state index >= 15 is 0 Å². The number of hydrogen-bond donors (Lipinski definition) is 1. The van der Waals surface area contributed by atoms with Gasteiger partial charge in [0.15, 0.2) is 0 Å². The van der Waals surface area contributed by atoms with Crippen molar-refractivity contribution in [3.05, 3.63) is 51.2 Å². The summed E-state index contributed by atoms with van der Waals surface area (Å²) in [4.78, 5) is 16.0. The zero-order valence-electron chi connectivity index (χ0n) is 16.4. The summed E-state index contributed by atoms with van der Waals surface area (Å²) in [7, 11) is 2.23. The molecule has 0 spiro atoms. The molecule has 2 saturated heterocycles. The lowest BCUT2D eigenvalue weighted by Gasteiger charge is -2.36. The van der Waals surface area contributed by atoms with E-state index in [2.05, 4.69) is 35.5 Å². The number of aryl methyl sites for hydroxylation is 2. The third-order valence-electron chi connectivity index (χ3n) is 6.79. The topological polar surface area (TPSA) is 41.6 Å². The highest BCUT2D eigenvalue weighted by Crippen LogP contribution is 2.34. The lowest BCUT2D eigenvalue weighted by atomic mass is 9.98. The average Bonchev–Trinajstić information content (AvgIpc) is 3.39. The molecule has 1 aliphatic carbocycles. The van der Waals surface area contributed by atoms with Gasteiger partial charge in [-0.3, -0.25) is 4.79 Å². The Hall–Kier alpha value is -1.85. The van der Waals surface area contributed by atoms with Crippen molar-refractivity contribution in [2.75, 3.05) is 7.05 Å². The van der Waals surface area contributed by atoms with Crippen molar-refractivity contribution in [1.29, 1.82) is 0 Å². The number of carbonyl (C=O) groups is 1. The number of benzene rings is 1. The van der Waals surface area contributed by atoms with E-state index in [9.17, 15) is 4.79 Å². The Morgan fingerprint density at radius 2 is 1.96 bits per heavy atom. The normalized spacial score (nSPS) is 26.2. The number of ether oxygens (including phenoxy) is 1. The fourth-order valence-electron chi connectivity index (χ4n) is 5.16. The smallest absolute Gasteiger partial charge is 0.261 e. The second-order valence-corrected chi connectivity index (χ2v) is 9.50. The molecule has 2 bridgehead atoms. The lowest BCUT2D eigenvalue weighted by Crippen LogP contribution is -2.48. The minimum absolute atomic E-state index is 0.0720. The summed E-state index contributed by atoms with van der Waals surface area (Å²) in [6.07, 6.45) is 8.32. The highest BCUT2D eigenvalue weighted by molar-refractivity contribution is 7.12. The second kappa shape index (κ2) is 7.53. The summed E-state index contributed by atoms with van der Waals surface area (Å²) in [6.45, 7) is 0.515. The molecule has 28 heavy (non-hydrogen) atoms. The summed E-state index contributed by atoms with van der Waals surface area (Å²) in [5.74, 6) is 1.00. The molecule has 2 aliphatic heterocycles. The van der Waals surface area contributed by atoms with Gasteiger partial charge in [-0.25, -0.2) is 0 Å². The van der Waals surface area contributed by atoms with Crippen molar-refractivity contribution < 1.29 is 9.53 Å². The van der Waals surface area contributed by atoms with Gasteiger partial charge in [0, 0.05) is 23.7 Å². The van der Waals surface area contributed by atoms with Gasteiger partial charge in [0.25, 0.3) is 5.91 Å². The predicted octanol–water partition coefficient (Wildman–Crippen LogP) is 4.17. The molecule has 5 rings (SSSR count). The third kappa shape index (κ3) is 3.58. The summed E-state index contributed by atoms with van der Waals surface area (Å²) in [6, 6.07) is 10.0. The molecule has 1 amide bonds. The van der Waals surface area contributed by atoms with Crippen LogP contribution in [0.2, 0.25) is 0 Å². The minimum atomic E-state index is 0.0720. The SMILES string of the molecule is CN1C2CCC1CC(NC(=O)c1cc(COc3ccc4c(c3)CCC4)cs1)C2. The van der Waals surface area contributed by atoms with Crippen LogP contribution in [0, 0.1) is 0 Å². The van der Waals surface area contributed by atoms with Gasteiger partial charge in [-0.15, -0.1) is 11.3 Å². The maximum atomic E-state index is 12.7. The molecule has 2 fully saturated rings. The molecular weight excluding hydrogens is 368 g/mol. The van der Waals surface area contributed by atoms with Crippen LogP contribution in [0.25, 0.3) is 0 Å². The Bertz CT molecular complexity index is 863. The van der Waals surface area contributed by atoms with E-state index < -0.39 is 0 Å². The number of nitrogens with zero attached hydrogens (tertiary/aromatic N) is 1. The zero-order valence-corrected chi connectivity index (χ0v) is 17.3. The van der Waals surface area contributed by atoms with E-state index in [-0.39, 0.29) is 5.91 Å². The first-order valence-corrected chi connectivity index (χ1v) is 11.4. The van der Waals surface area contributed by atoms with Gasteiger partial charge < -0.3 is 15.0 Å². The van der Waals surface area contributed by atoms with Crippen molar-refractivity contribution in [3.8, 4) is 5.75 Å². The van der Waals surface area contributed by atoms with E-state index in [4.69, 9.17) is 4.74 Å². The quantitative estimate of drug-likeness (QED) is 0.825. The molecule has 2 atom stereocenters. The number of thiophene rings is 1. The fraction of sp³-hybridized carbons (Fsp3) is 0.522. The molecule has 1 aromatic carbocycles. The van der Waals surface area contributed by atoms with Crippen molar-refractivity contribution in [3.63, 3.8) is 0 Å². The largest absolute Gasteiger partial charge is 0.489 e. The highest BCUT2D eigenvalue weighted by atomic mass is 32.1. The van der Waals surface area contributed by atoms with Crippen LogP contribution in [0.3, 0.4) is 0 Å². The Kier molecular flexibility index (Phi) is 4.89. The molecule has 2 aromatic rings. The Morgan fingerprint density at radius 1 is 1.18 bits per heavy atom. The molecular formula is C23H28N2O2S. The molecule has 2 unspecified atom stereocenters. The van der Waals surface area contributed by atoms with Crippen molar-refractivity contribution in [2.45, 2.75) is 69.7 Å². The summed E-state index contributed by atoms with van der Waals surface area (Å²) < 4.78 is 5.98. The second-order valence-electron chi connectivity index (χ2n) is 8.58. The van der Waals surface area contributed by atoms with E-state index in [1.807, 2.05) is 11.4 Å². The fourth-order valence-corrected chi connectivity index (χ4v) is 5.96. The van der Waals surface area contributed by atoms with Crippen LogP contribution in [0.5, 0.6) is 5.75 Å². The van der Waals surface area contributed by atoms with Crippen molar-refractivity contribution >= 4 is 17.2 Å². The highest BCUT2D eigenvalue weighted by Gasteiger charge is 2.38. The first-order chi connectivity index (χ1) is 13.7. The van der Waals surface area contributed by atoms with Crippen molar-refractivity contribution in [2.24, 2.45) is 0 Å². The minimum Gasteiger partial charge on any atom is -0.489 e. The monoisotopic (exact) mass is 396 g/mol. The number of carbonyl (C=O) groups excluding carboxylic acids is 1. The molecule has 0 radical (unpaired) electrons. The van der Waals surface area contributed by atoms with E-state index in [0.29, 0.717) is 24.7 Å². The Balaban J connectivity index is 1.16. The molecule has 1 N–H and O–H groups in total.